The van der Waals surface area contributed by atoms with E-state index in [0.717, 1.165) is 4.31 Å². The van der Waals surface area contributed by atoms with Gasteiger partial charge in [-0.15, -0.1) is 6.42 Å². The van der Waals surface area contributed by atoms with Gasteiger partial charge in [-0.3, -0.25) is 9.10 Å². The third-order valence-electron chi connectivity index (χ3n) is 2.88. The molecule has 0 unspecified atom stereocenters. The van der Waals surface area contributed by atoms with Crippen molar-refractivity contribution in [2.45, 2.75) is 6.92 Å². The zero-order chi connectivity index (χ0) is 16.8. The third kappa shape index (κ3) is 4.64. The average molecular weight is 320 g/mol. The molecule has 0 atom stereocenters. The molecule has 22 heavy (non-hydrogen) atoms. The predicted octanol–water partition coefficient (Wildman–Crippen LogP) is 1.73. The first-order valence-electron chi connectivity index (χ1n) is 6.74. The molecule has 0 heterocycles. The highest BCUT2D eigenvalue weighted by molar-refractivity contribution is 7.92. The molecule has 0 bridgehead atoms. The monoisotopic (exact) mass is 320 g/mol. The second-order valence-corrected chi connectivity index (χ2v) is 6.99. The minimum atomic E-state index is -3.49. The van der Waals surface area contributed by atoms with Crippen LogP contribution in [-0.4, -0.2) is 45.5 Å². The van der Waals surface area contributed by atoms with E-state index in [2.05, 4.69) is 5.92 Å². The number of rotatable bonds is 7. The van der Waals surface area contributed by atoms with Gasteiger partial charge >= 0.3 is 0 Å². The Morgan fingerprint density at radius 1 is 1.36 bits per heavy atom. The van der Waals surface area contributed by atoms with Crippen molar-refractivity contribution >= 4 is 21.5 Å². The maximum atomic E-state index is 12.1. The maximum Gasteiger partial charge on any atom is 0.235 e. The van der Waals surface area contributed by atoms with Gasteiger partial charge < -0.3 is 4.90 Å². The smallest absolute Gasteiger partial charge is 0.235 e. The molecule has 1 rings (SSSR count). The first kappa shape index (κ1) is 17.8. The normalized spacial score (nSPS) is 11.2. The number of anilines is 1. The van der Waals surface area contributed by atoms with Crippen molar-refractivity contribution < 1.29 is 13.2 Å². The minimum absolute atomic E-state index is 0.0621. The molecule has 0 saturated heterocycles. The van der Waals surface area contributed by atoms with Crippen LogP contribution in [0.3, 0.4) is 0 Å². The summed E-state index contributed by atoms with van der Waals surface area (Å²) in [6.45, 7) is 1.48. The van der Waals surface area contributed by atoms with Crippen molar-refractivity contribution in [1.82, 2.24) is 4.90 Å². The molecule has 5 nitrogen and oxygen atoms in total. The summed E-state index contributed by atoms with van der Waals surface area (Å²) in [6, 6.07) is 6.43. The van der Waals surface area contributed by atoms with Gasteiger partial charge in [0.25, 0.3) is 0 Å². The lowest BCUT2D eigenvalue weighted by atomic mass is 10.1. The van der Waals surface area contributed by atoms with Crippen LogP contribution in [0, 0.1) is 12.3 Å². The number of nitrogens with zero attached hydrogens (tertiary/aromatic N) is 2. The van der Waals surface area contributed by atoms with Crippen LogP contribution in [0.15, 0.2) is 36.5 Å². The summed E-state index contributed by atoms with van der Waals surface area (Å²) < 4.78 is 25.4. The zero-order valence-corrected chi connectivity index (χ0v) is 13.8. The van der Waals surface area contributed by atoms with Crippen LogP contribution in [-0.2, 0) is 10.0 Å². The number of terminal acetylenes is 1. The molecular formula is C16H20N2O3S. The number of ketones is 1. The van der Waals surface area contributed by atoms with E-state index in [9.17, 15) is 13.2 Å². The number of carbonyl (C=O) groups is 1. The molecule has 0 aliphatic heterocycles. The summed E-state index contributed by atoms with van der Waals surface area (Å²) in [5.41, 5.74) is 0.799. The second kappa shape index (κ2) is 7.66. The van der Waals surface area contributed by atoms with Crippen molar-refractivity contribution in [2.24, 2.45) is 0 Å². The van der Waals surface area contributed by atoms with Gasteiger partial charge in [-0.1, -0.05) is 18.1 Å². The number of carbonyl (C=O) groups excluding carboxylic acids is 1. The van der Waals surface area contributed by atoms with Crippen LogP contribution >= 0.6 is 0 Å². The minimum Gasteiger partial charge on any atom is -0.383 e. The number of hydrogen-bond acceptors (Lipinski definition) is 4. The van der Waals surface area contributed by atoms with E-state index in [0.29, 0.717) is 11.3 Å². The zero-order valence-electron chi connectivity index (χ0n) is 13.0. The Hall–Kier alpha value is -2.26. The molecule has 0 radical (unpaired) electrons. The topological polar surface area (TPSA) is 57.7 Å². The van der Waals surface area contributed by atoms with Gasteiger partial charge in [0.15, 0.2) is 5.78 Å². The van der Waals surface area contributed by atoms with Crippen LogP contribution in [0.2, 0.25) is 0 Å². The highest BCUT2D eigenvalue weighted by Gasteiger charge is 2.20. The molecule has 6 heteroatoms. The van der Waals surface area contributed by atoms with Gasteiger partial charge in [-0.25, -0.2) is 8.42 Å². The molecule has 0 N–H and O–H groups in total. The largest absolute Gasteiger partial charge is 0.383 e. The second-order valence-electron chi connectivity index (χ2n) is 4.81. The molecule has 118 valence electrons. The molecular weight excluding hydrogens is 300 g/mol. The van der Waals surface area contributed by atoms with E-state index < -0.39 is 10.0 Å². The van der Waals surface area contributed by atoms with Crippen LogP contribution in [0.4, 0.5) is 5.69 Å². The number of benzene rings is 1. The van der Waals surface area contributed by atoms with Gasteiger partial charge in [0.1, 0.15) is 0 Å². The maximum absolute atomic E-state index is 12.1. The first-order chi connectivity index (χ1) is 10.3. The van der Waals surface area contributed by atoms with E-state index in [-0.39, 0.29) is 18.1 Å². The van der Waals surface area contributed by atoms with Gasteiger partial charge in [0.2, 0.25) is 10.0 Å². The summed E-state index contributed by atoms with van der Waals surface area (Å²) in [7, 11) is 0.126. The van der Waals surface area contributed by atoms with Crippen LogP contribution in [0.25, 0.3) is 0 Å². The lowest BCUT2D eigenvalue weighted by molar-refractivity contribution is 0.104. The van der Waals surface area contributed by atoms with E-state index in [1.807, 2.05) is 14.1 Å². The highest BCUT2D eigenvalue weighted by Crippen LogP contribution is 2.20. The van der Waals surface area contributed by atoms with Crippen molar-refractivity contribution in [2.75, 3.05) is 30.7 Å². The Morgan fingerprint density at radius 3 is 2.59 bits per heavy atom. The quantitative estimate of drug-likeness (QED) is 0.436. The van der Waals surface area contributed by atoms with E-state index in [1.165, 1.54) is 12.1 Å². The molecule has 0 spiro atoms. The highest BCUT2D eigenvalue weighted by atomic mass is 32.2. The summed E-state index contributed by atoms with van der Waals surface area (Å²) in [6.07, 6.45) is 8.32. The molecule has 0 aliphatic carbocycles. The third-order valence-corrected chi connectivity index (χ3v) is 4.62. The number of sulfonamides is 1. The van der Waals surface area contributed by atoms with E-state index >= 15 is 0 Å². The number of allylic oxidation sites excluding steroid dienone is 1. The van der Waals surface area contributed by atoms with Gasteiger partial charge in [-0.2, -0.15) is 0 Å². The fourth-order valence-corrected chi connectivity index (χ4v) is 2.73. The van der Waals surface area contributed by atoms with Crippen LogP contribution in [0.5, 0.6) is 0 Å². The van der Waals surface area contributed by atoms with Gasteiger partial charge in [0, 0.05) is 31.9 Å². The summed E-state index contributed by atoms with van der Waals surface area (Å²) in [5, 5.41) is 0. The molecule has 0 fully saturated rings. The Kier molecular flexibility index (Phi) is 6.20. The molecule has 0 aliphatic rings. The Bertz CT molecular complexity index is 700. The molecule has 0 saturated carbocycles. The predicted molar refractivity (Wildman–Crippen MR) is 89.2 cm³/mol. The lowest BCUT2D eigenvalue weighted by Gasteiger charge is -2.21. The SMILES string of the molecule is C#CCN(c1cccc(C(=O)/C=C/N(C)C)c1)S(=O)(=O)CC. The van der Waals surface area contributed by atoms with Crippen molar-refractivity contribution in [3.05, 3.63) is 42.1 Å². The molecule has 0 aromatic heterocycles. The van der Waals surface area contributed by atoms with Crippen LogP contribution in [0.1, 0.15) is 17.3 Å². The Morgan fingerprint density at radius 2 is 2.05 bits per heavy atom. The molecule has 0 amide bonds. The fraction of sp³-hybridized carbons (Fsp3) is 0.312. The standard InChI is InChI=1S/C16H20N2O3S/c1-5-11-18(22(20,21)6-2)15-9-7-8-14(13-15)16(19)10-12-17(3)4/h1,7-10,12-13H,6,11H2,2-4H3/b12-10+. The van der Waals surface area contributed by atoms with Crippen LogP contribution < -0.4 is 4.31 Å². The molecule has 1 aromatic carbocycles. The van der Waals surface area contributed by atoms with Crippen molar-refractivity contribution in [3.8, 4) is 12.3 Å². The average Bonchev–Trinajstić information content (AvgIpc) is 2.50. The van der Waals surface area contributed by atoms with E-state index in [4.69, 9.17) is 6.42 Å². The Balaban J connectivity index is 3.19. The van der Waals surface area contributed by atoms with Gasteiger partial charge in [-0.05, 0) is 19.1 Å². The first-order valence-corrected chi connectivity index (χ1v) is 8.35. The Labute approximate surface area is 132 Å². The fourth-order valence-electron chi connectivity index (χ4n) is 1.72. The van der Waals surface area contributed by atoms with E-state index in [1.54, 1.807) is 36.2 Å². The summed E-state index contributed by atoms with van der Waals surface area (Å²) in [4.78, 5) is 13.8. The molecule has 1 aromatic rings. The van der Waals surface area contributed by atoms with Crippen molar-refractivity contribution in [1.29, 1.82) is 0 Å². The summed E-state index contributed by atoms with van der Waals surface area (Å²) in [5.74, 6) is 2.07. The lowest BCUT2D eigenvalue weighted by Crippen LogP contribution is -2.32. The number of hydrogen-bond donors (Lipinski definition) is 0. The van der Waals surface area contributed by atoms with Crippen molar-refractivity contribution in [3.63, 3.8) is 0 Å². The summed E-state index contributed by atoms with van der Waals surface area (Å²) >= 11 is 0. The van der Waals surface area contributed by atoms with Gasteiger partial charge in [0.05, 0.1) is 18.0 Å².